The molecule has 0 spiro atoms. The van der Waals surface area contributed by atoms with Crippen LogP contribution in [0.3, 0.4) is 0 Å². The van der Waals surface area contributed by atoms with E-state index in [1.165, 1.54) is 4.90 Å². The molecule has 128 valence electrons. The molecule has 1 aromatic carbocycles. The van der Waals surface area contributed by atoms with Gasteiger partial charge in [0.05, 0.1) is 36.4 Å². The van der Waals surface area contributed by atoms with Crippen LogP contribution in [0.2, 0.25) is 0 Å². The lowest BCUT2D eigenvalue weighted by Gasteiger charge is -2.39. The fraction of sp³-hybridized carbons (Fsp3) is 0.500. The standard InChI is InChI=1S/C18H22N2O4/c1-12-10-24-11-13(2)20(12)16(21)8-5-9-19-17(22)14-6-3-4-7-15(14)18(19)23/h3-4,6-7,12-13H,5,8-11H2,1-2H3. The number of nitrogens with zero attached hydrogens (tertiary/aromatic N) is 2. The van der Waals surface area contributed by atoms with Crippen LogP contribution < -0.4 is 0 Å². The molecule has 1 saturated heterocycles. The summed E-state index contributed by atoms with van der Waals surface area (Å²) in [6.07, 6.45) is 0.795. The summed E-state index contributed by atoms with van der Waals surface area (Å²) >= 11 is 0. The number of benzene rings is 1. The van der Waals surface area contributed by atoms with Crippen LogP contribution in [0.4, 0.5) is 0 Å². The van der Waals surface area contributed by atoms with E-state index in [4.69, 9.17) is 4.74 Å². The summed E-state index contributed by atoms with van der Waals surface area (Å²) in [5.74, 6) is -0.484. The van der Waals surface area contributed by atoms with Crippen molar-refractivity contribution in [2.24, 2.45) is 0 Å². The van der Waals surface area contributed by atoms with Crippen molar-refractivity contribution >= 4 is 17.7 Å². The Morgan fingerprint density at radius 1 is 1.08 bits per heavy atom. The number of imide groups is 1. The van der Waals surface area contributed by atoms with Gasteiger partial charge in [-0.1, -0.05) is 12.1 Å². The van der Waals surface area contributed by atoms with Crippen molar-refractivity contribution < 1.29 is 19.1 Å². The molecule has 0 saturated carbocycles. The first-order valence-corrected chi connectivity index (χ1v) is 8.35. The summed E-state index contributed by atoms with van der Waals surface area (Å²) in [6, 6.07) is 6.94. The third-order valence-electron chi connectivity index (χ3n) is 4.61. The number of hydrogen-bond acceptors (Lipinski definition) is 4. The summed E-state index contributed by atoms with van der Waals surface area (Å²) < 4.78 is 5.43. The molecule has 0 aliphatic carbocycles. The summed E-state index contributed by atoms with van der Waals surface area (Å²) in [5, 5.41) is 0. The minimum Gasteiger partial charge on any atom is -0.377 e. The smallest absolute Gasteiger partial charge is 0.261 e. The highest BCUT2D eigenvalue weighted by molar-refractivity contribution is 6.21. The summed E-state index contributed by atoms with van der Waals surface area (Å²) in [6.45, 7) is 5.31. The minimum atomic E-state index is -0.267. The number of hydrogen-bond donors (Lipinski definition) is 0. The number of ether oxygens (including phenoxy) is 1. The summed E-state index contributed by atoms with van der Waals surface area (Å²) in [4.78, 5) is 40.1. The van der Waals surface area contributed by atoms with E-state index in [9.17, 15) is 14.4 Å². The molecule has 2 atom stereocenters. The number of fused-ring (bicyclic) bond motifs is 1. The highest BCUT2D eigenvalue weighted by Gasteiger charge is 2.35. The van der Waals surface area contributed by atoms with Gasteiger partial charge in [0.1, 0.15) is 0 Å². The van der Waals surface area contributed by atoms with Gasteiger partial charge in [-0.15, -0.1) is 0 Å². The molecule has 2 aliphatic rings. The van der Waals surface area contributed by atoms with Gasteiger partial charge in [0.15, 0.2) is 0 Å². The molecule has 2 unspecified atom stereocenters. The molecule has 0 bridgehead atoms. The fourth-order valence-electron chi connectivity index (χ4n) is 3.46. The van der Waals surface area contributed by atoms with E-state index in [1.807, 2.05) is 18.7 Å². The fourth-order valence-corrected chi connectivity index (χ4v) is 3.46. The largest absolute Gasteiger partial charge is 0.377 e. The van der Waals surface area contributed by atoms with Crippen LogP contribution in [-0.2, 0) is 9.53 Å². The Hall–Kier alpha value is -2.21. The summed E-state index contributed by atoms with van der Waals surface area (Å²) in [7, 11) is 0. The maximum atomic E-state index is 12.5. The first-order chi connectivity index (χ1) is 11.5. The molecule has 0 radical (unpaired) electrons. The molecular weight excluding hydrogens is 308 g/mol. The second-order valence-electron chi connectivity index (χ2n) is 6.45. The van der Waals surface area contributed by atoms with Crippen LogP contribution in [0.5, 0.6) is 0 Å². The van der Waals surface area contributed by atoms with Gasteiger partial charge in [-0.2, -0.15) is 0 Å². The Bertz CT molecular complexity index is 628. The molecule has 2 aliphatic heterocycles. The molecular formula is C18H22N2O4. The molecule has 0 N–H and O–H groups in total. The third kappa shape index (κ3) is 2.94. The van der Waals surface area contributed by atoms with Crippen molar-refractivity contribution in [2.75, 3.05) is 19.8 Å². The molecule has 1 fully saturated rings. The van der Waals surface area contributed by atoms with E-state index in [2.05, 4.69) is 0 Å². The van der Waals surface area contributed by atoms with Gasteiger partial charge >= 0.3 is 0 Å². The van der Waals surface area contributed by atoms with E-state index in [0.29, 0.717) is 37.2 Å². The van der Waals surface area contributed by atoms with Gasteiger partial charge in [-0.3, -0.25) is 19.3 Å². The van der Waals surface area contributed by atoms with Crippen LogP contribution in [-0.4, -0.2) is 59.4 Å². The predicted octanol–water partition coefficient (Wildman–Crippen LogP) is 1.70. The van der Waals surface area contributed by atoms with Crippen LogP contribution >= 0.6 is 0 Å². The van der Waals surface area contributed by atoms with Crippen molar-refractivity contribution in [3.63, 3.8) is 0 Å². The van der Waals surface area contributed by atoms with E-state index in [1.54, 1.807) is 24.3 Å². The molecule has 0 aromatic heterocycles. The zero-order valence-electron chi connectivity index (χ0n) is 14.0. The normalized spacial score (nSPS) is 23.6. The zero-order chi connectivity index (χ0) is 17.3. The number of carbonyl (C=O) groups is 3. The van der Waals surface area contributed by atoms with E-state index < -0.39 is 0 Å². The van der Waals surface area contributed by atoms with Gasteiger partial charge in [-0.25, -0.2) is 0 Å². The Morgan fingerprint density at radius 2 is 1.62 bits per heavy atom. The van der Waals surface area contributed by atoms with Crippen LogP contribution in [0.15, 0.2) is 24.3 Å². The van der Waals surface area contributed by atoms with E-state index >= 15 is 0 Å². The average molecular weight is 330 g/mol. The Morgan fingerprint density at radius 3 is 2.17 bits per heavy atom. The Labute approximate surface area is 141 Å². The number of amides is 3. The Kier molecular flexibility index (Phi) is 4.66. The molecule has 24 heavy (non-hydrogen) atoms. The molecule has 2 heterocycles. The third-order valence-corrected chi connectivity index (χ3v) is 4.61. The zero-order valence-corrected chi connectivity index (χ0v) is 14.0. The lowest BCUT2D eigenvalue weighted by Crippen LogP contribution is -2.52. The molecule has 3 rings (SSSR count). The topological polar surface area (TPSA) is 66.9 Å². The van der Waals surface area contributed by atoms with E-state index in [-0.39, 0.29) is 36.3 Å². The lowest BCUT2D eigenvalue weighted by atomic mass is 10.1. The number of carbonyl (C=O) groups excluding carboxylic acids is 3. The first kappa shape index (κ1) is 16.6. The van der Waals surface area contributed by atoms with Gasteiger partial charge in [-0.05, 0) is 32.4 Å². The van der Waals surface area contributed by atoms with Gasteiger partial charge in [0.25, 0.3) is 11.8 Å². The maximum absolute atomic E-state index is 12.5. The molecule has 1 aromatic rings. The quantitative estimate of drug-likeness (QED) is 0.788. The number of rotatable bonds is 4. The minimum absolute atomic E-state index is 0.0508. The highest BCUT2D eigenvalue weighted by Crippen LogP contribution is 2.23. The SMILES string of the molecule is CC1COCC(C)N1C(=O)CCCN1C(=O)c2ccccc2C1=O. The molecule has 6 nitrogen and oxygen atoms in total. The first-order valence-electron chi connectivity index (χ1n) is 8.35. The Balaban J connectivity index is 1.57. The molecule has 6 heteroatoms. The van der Waals surface area contributed by atoms with Gasteiger partial charge in [0.2, 0.25) is 5.91 Å². The lowest BCUT2D eigenvalue weighted by molar-refractivity contribution is -0.144. The van der Waals surface area contributed by atoms with Crippen molar-refractivity contribution in [1.82, 2.24) is 9.80 Å². The van der Waals surface area contributed by atoms with Gasteiger partial charge < -0.3 is 9.64 Å². The maximum Gasteiger partial charge on any atom is 0.261 e. The second kappa shape index (κ2) is 6.73. The predicted molar refractivity (Wildman–Crippen MR) is 87.6 cm³/mol. The van der Waals surface area contributed by atoms with E-state index in [0.717, 1.165) is 0 Å². The van der Waals surface area contributed by atoms with Crippen molar-refractivity contribution in [1.29, 1.82) is 0 Å². The van der Waals surface area contributed by atoms with Crippen molar-refractivity contribution in [2.45, 2.75) is 38.8 Å². The van der Waals surface area contributed by atoms with Crippen LogP contribution in [0.25, 0.3) is 0 Å². The van der Waals surface area contributed by atoms with Crippen LogP contribution in [0, 0.1) is 0 Å². The monoisotopic (exact) mass is 330 g/mol. The average Bonchev–Trinajstić information content (AvgIpc) is 2.80. The summed E-state index contributed by atoms with van der Waals surface area (Å²) in [5.41, 5.74) is 0.897. The van der Waals surface area contributed by atoms with Crippen molar-refractivity contribution in [3.8, 4) is 0 Å². The highest BCUT2D eigenvalue weighted by atomic mass is 16.5. The second-order valence-corrected chi connectivity index (χ2v) is 6.45. The number of morpholine rings is 1. The molecule has 3 amide bonds. The van der Waals surface area contributed by atoms with Gasteiger partial charge in [0, 0.05) is 13.0 Å². The van der Waals surface area contributed by atoms with Crippen molar-refractivity contribution in [3.05, 3.63) is 35.4 Å². The van der Waals surface area contributed by atoms with Crippen LogP contribution in [0.1, 0.15) is 47.4 Å².